The minimum atomic E-state index is -4.29. The summed E-state index contributed by atoms with van der Waals surface area (Å²) in [6, 6.07) is -1.55. The van der Waals surface area contributed by atoms with E-state index in [4.69, 9.17) is 0 Å². The molecule has 136 valence electrons. The number of alkyl halides is 3. The Morgan fingerprint density at radius 3 is 2.38 bits per heavy atom. The van der Waals surface area contributed by atoms with Gasteiger partial charge >= 0.3 is 6.18 Å². The Bertz CT molecular complexity index is 477. The molecular formula is C18H27F3N2O. The Morgan fingerprint density at radius 1 is 1.00 bits per heavy atom. The first-order valence-electron chi connectivity index (χ1n) is 9.54. The van der Waals surface area contributed by atoms with Crippen LogP contribution < -0.4 is 5.32 Å². The fourth-order valence-electron chi connectivity index (χ4n) is 5.58. The van der Waals surface area contributed by atoms with Gasteiger partial charge in [0.15, 0.2) is 0 Å². The maximum Gasteiger partial charge on any atom is 0.408 e. The van der Waals surface area contributed by atoms with Crippen molar-refractivity contribution in [2.45, 2.75) is 57.2 Å². The molecule has 1 unspecified atom stereocenters. The molecule has 0 aromatic carbocycles. The van der Waals surface area contributed by atoms with Crippen LogP contribution in [0, 0.1) is 29.6 Å². The number of amides is 1. The standard InChI is InChI=1S/C18H27F3N2O/c19-18(20,21)15-8-12(11-4-2-1-3-5-11)10-23(15)17(24)16-13-6-7-22-9-14(13)16/h11-16,22H,1-10H2/t12-,13-,14+,15+,16?/m1/s1. The van der Waals surface area contributed by atoms with Crippen molar-refractivity contribution < 1.29 is 18.0 Å². The van der Waals surface area contributed by atoms with Gasteiger partial charge in [-0.1, -0.05) is 32.1 Å². The Labute approximate surface area is 141 Å². The zero-order valence-electron chi connectivity index (χ0n) is 14.0. The topological polar surface area (TPSA) is 32.3 Å². The predicted molar refractivity (Wildman–Crippen MR) is 84.2 cm³/mol. The van der Waals surface area contributed by atoms with Gasteiger partial charge in [0.25, 0.3) is 0 Å². The van der Waals surface area contributed by atoms with E-state index in [1.165, 1.54) is 11.3 Å². The van der Waals surface area contributed by atoms with E-state index in [9.17, 15) is 18.0 Å². The number of piperidine rings is 1. The molecule has 4 fully saturated rings. The van der Waals surface area contributed by atoms with E-state index in [-0.39, 0.29) is 30.1 Å². The first kappa shape index (κ1) is 16.7. The van der Waals surface area contributed by atoms with Gasteiger partial charge in [-0.05, 0) is 49.6 Å². The van der Waals surface area contributed by atoms with Crippen molar-refractivity contribution in [1.29, 1.82) is 0 Å². The normalized spacial score (nSPS) is 40.5. The van der Waals surface area contributed by atoms with Crippen molar-refractivity contribution in [3.63, 3.8) is 0 Å². The van der Waals surface area contributed by atoms with Crippen LogP contribution >= 0.6 is 0 Å². The van der Waals surface area contributed by atoms with E-state index >= 15 is 0 Å². The molecule has 2 aliphatic carbocycles. The summed E-state index contributed by atoms with van der Waals surface area (Å²) in [5, 5.41) is 3.26. The molecular weight excluding hydrogens is 317 g/mol. The van der Waals surface area contributed by atoms with E-state index < -0.39 is 12.2 Å². The summed E-state index contributed by atoms with van der Waals surface area (Å²) in [5.41, 5.74) is 0. The smallest absolute Gasteiger partial charge is 0.330 e. The van der Waals surface area contributed by atoms with Crippen LogP contribution in [0.25, 0.3) is 0 Å². The van der Waals surface area contributed by atoms with Gasteiger partial charge in [-0.3, -0.25) is 4.79 Å². The second-order valence-electron chi connectivity index (χ2n) is 8.29. The Morgan fingerprint density at radius 2 is 1.75 bits per heavy atom. The summed E-state index contributed by atoms with van der Waals surface area (Å²) in [5.74, 6) is 0.642. The van der Waals surface area contributed by atoms with Gasteiger partial charge in [0.05, 0.1) is 0 Å². The molecule has 4 aliphatic rings. The molecule has 6 heteroatoms. The molecule has 2 saturated carbocycles. The zero-order valence-corrected chi connectivity index (χ0v) is 14.0. The molecule has 2 saturated heterocycles. The van der Waals surface area contributed by atoms with Gasteiger partial charge in [-0.25, -0.2) is 0 Å². The molecule has 0 aromatic heterocycles. The van der Waals surface area contributed by atoms with Crippen molar-refractivity contribution in [3.05, 3.63) is 0 Å². The molecule has 0 aromatic rings. The van der Waals surface area contributed by atoms with Crippen LogP contribution in [0.4, 0.5) is 13.2 Å². The fraction of sp³-hybridized carbons (Fsp3) is 0.944. The van der Waals surface area contributed by atoms with Crippen LogP contribution in [0.1, 0.15) is 44.9 Å². The van der Waals surface area contributed by atoms with Crippen molar-refractivity contribution in [1.82, 2.24) is 10.2 Å². The summed E-state index contributed by atoms with van der Waals surface area (Å²) in [6.07, 6.45) is 2.29. The van der Waals surface area contributed by atoms with Gasteiger partial charge in [-0.2, -0.15) is 13.2 Å². The number of halogens is 3. The number of carbonyl (C=O) groups excluding carboxylic acids is 1. The highest BCUT2D eigenvalue weighted by Crippen LogP contribution is 2.52. The van der Waals surface area contributed by atoms with Crippen LogP contribution in [0.5, 0.6) is 0 Å². The highest BCUT2D eigenvalue weighted by Gasteiger charge is 2.60. The first-order chi connectivity index (χ1) is 11.5. The average Bonchev–Trinajstić information content (AvgIpc) is 3.11. The van der Waals surface area contributed by atoms with E-state index in [0.717, 1.165) is 45.2 Å². The number of hydrogen-bond acceptors (Lipinski definition) is 2. The summed E-state index contributed by atoms with van der Waals surface area (Å²) < 4.78 is 40.7. The van der Waals surface area contributed by atoms with Crippen molar-refractivity contribution in [2.24, 2.45) is 29.6 Å². The third kappa shape index (κ3) is 2.95. The number of rotatable bonds is 2. The SMILES string of the molecule is O=C(C1[C@H]2CNCC[C@@H]12)N1C[C@H](C2CCCCC2)C[C@H]1C(F)(F)F. The number of likely N-dealkylation sites (tertiary alicyclic amines) is 1. The van der Waals surface area contributed by atoms with Crippen LogP contribution in [-0.2, 0) is 4.79 Å². The number of nitrogens with zero attached hydrogens (tertiary/aromatic N) is 1. The molecule has 3 nitrogen and oxygen atoms in total. The Kier molecular flexibility index (Phi) is 4.30. The van der Waals surface area contributed by atoms with Gasteiger partial charge in [0.1, 0.15) is 6.04 Å². The average molecular weight is 344 g/mol. The van der Waals surface area contributed by atoms with Crippen LogP contribution in [-0.4, -0.2) is 42.7 Å². The quantitative estimate of drug-likeness (QED) is 0.834. The lowest BCUT2D eigenvalue weighted by molar-refractivity contribution is -0.183. The molecule has 1 amide bonds. The number of carbonyl (C=O) groups is 1. The van der Waals surface area contributed by atoms with E-state index in [1.807, 2.05) is 0 Å². The molecule has 0 radical (unpaired) electrons. The molecule has 0 spiro atoms. The van der Waals surface area contributed by atoms with Crippen LogP contribution in [0.3, 0.4) is 0 Å². The van der Waals surface area contributed by atoms with Crippen molar-refractivity contribution in [3.8, 4) is 0 Å². The number of nitrogens with one attached hydrogen (secondary N) is 1. The van der Waals surface area contributed by atoms with E-state index in [1.54, 1.807) is 0 Å². The van der Waals surface area contributed by atoms with Gasteiger partial charge in [0.2, 0.25) is 5.91 Å². The van der Waals surface area contributed by atoms with Gasteiger partial charge < -0.3 is 10.2 Å². The molecule has 4 rings (SSSR count). The lowest BCUT2D eigenvalue weighted by Crippen LogP contribution is -2.45. The van der Waals surface area contributed by atoms with Crippen LogP contribution in [0.2, 0.25) is 0 Å². The highest BCUT2D eigenvalue weighted by atomic mass is 19.4. The third-order valence-corrected chi connectivity index (χ3v) is 6.96. The van der Waals surface area contributed by atoms with Gasteiger partial charge in [-0.15, -0.1) is 0 Å². The molecule has 0 bridgehead atoms. The molecule has 1 N–H and O–H groups in total. The largest absolute Gasteiger partial charge is 0.408 e. The lowest BCUT2D eigenvalue weighted by Gasteiger charge is -2.28. The fourth-order valence-corrected chi connectivity index (χ4v) is 5.58. The summed E-state index contributed by atoms with van der Waals surface area (Å²) in [4.78, 5) is 14.1. The number of fused-ring (bicyclic) bond motifs is 1. The second-order valence-corrected chi connectivity index (χ2v) is 8.29. The van der Waals surface area contributed by atoms with E-state index in [2.05, 4.69) is 5.32 Å². The third-order valence-electron chi connectivity index (χ3n) is 6.96. The maximum atomic E-state index is 13.6. The summed E-state index contributed by atoms with van der Waals surface area (Å²) in [7, 11) is 0. The Balaban J connectivity index is 1.48. The molecule has 5 atom stereocenters. The first-order valence-corrected chi connectivity index (χ1v) is 9.54. The summed E-state index contributed by atoms with van der Waals surface area (Å²) in [6.45, 7) is 2.01. The Hall–Kier alpha value is -0.780. The van der Waals surface area contributed by atoms with E-state index in [0.29, 0.717) is 18.4 Å². The molecule has 2 heterocycles. The zero-order chi connectivity index (χ0) is 16.9. The van der Waals surface area contributed by atoms with Crippen molar-refractivity contribution >= 4 is 5.91 Å². The lowest BCUT2D eigenvalue weighted by atomic mass is 9.79. The minimum Gasteiger partial charge on any atom is -0.330 e. The van der Waals surface area contributed by atoms with Gasteiger partial charge in [0, 0.05) is 12.5 Å². The predicted octanol–water partition coefficient (Wildman–Crippen LogP) is 3.20. The summed E-state index contributed by atoms with van der Waals surface area (Å²) >= 11 is 0. The number of hydrogen-bond donors (Lipinski definition) is 1. The van der Waals surface area contributed by atoms with Crippen LogP contribution in [0.15, 0.2) is 0 Å². The minimum absolute atomic E-state index is 0.0415. The highest BCUT2D eigenvalue weighted by molar-refractivity contribution is 5.83. The molecule has 24 heavy (non-hydrogen) atoms. The second kappa shape index (κ2) is 6.19. The van der Waals surface area contributed by atoms with Crippen molar-refractivity contribution in [2.75, 3.05) is 19.6 Å². The maximum absolute atomic E-state index is 13.6. The monoisotopic (exact) mass is 344 g/mol. The molecule has 2 aliphatic heterocycles.